The summed E-state index contributed by atoms with van der Waals surface area (Å²) >= 11 is 6.01. The Kier molecular flexibility index (Phi) is 3.10. The molecule has 0 aromatic heterocycles. The van der Waals surface area contributed by atoms with Gasteiger partial charge in [-0.15, -0.1) is 0 Å². The first-order chi connectivity index (χ1) is 7.89. The fourth-order valence-corrected chi connectivity index (χ4v) is 2.08. The number of carbonyl (C=O) groups excluding carboxylic acids is 1. The summed E-state index contributed by atoms with van der Waals surface area (Å²) in [7, 11) is 0. The number of piperazine rings is 1. The largest absolute Gasteiger partial charge is 0.308 e. The van der Waals surface area contributed by atoms with Crippen LogP contribution in [-0.2, 0) is 4.79 Å². The molecule has 0 spiro atoms. The first kappa shape index (κ1) is 12.3. The molecule has 1 aromatic carbocycles. The van der Waals surface area contributed by atoms with Crippen molar-refractivity contribution in [1.29, 1.82) is 0 Å². The van der Waals surface area contributed by atoms with E-state index in [2.05, 4.69) is 5.32 Å². The minimum Gasteiger partial charge on any atom is -0.308 e. The molecule has 2 rings (SSSR count). The van der Waals surface area contributed by atoms with Gasteiger partial charge in [0, 0.05) is 12.1 Å². The van der Waals surface area contributed by atoms with Crippen molar-refractivity contribution in [3.63, 3.8) is 0 Å². The number of hydrogen-bond donors (Lipinski definition) is 1. The summed E-state index contributed by atoms with van der Waals surface area (Å²) in [6, 6.07) is 4.04. The van der Waals surface area contributed by atoms with E-state index in [-0.39, 0.29) is 18.0 Å². The summed E-state index contributed by atoms with van der Waals surface area (Å²) in [6.07, 6.45) is 0. The molecular formula is C12H14ClFN2O. The summed E-state index contributed by atoms with van der Waals surface area (Å²) in [4.78, 5) is 13.4. The molecule has 1 aliphatic heterocycles. The van der Waals surface area contributed by atoms with Crippen LogP contribution in [0.15, 0.2) is 18.2 Å². The summed E-state index contributed by atoms with van der Waals surface area (Å²) in [5.41, 5.74) is 0.232. The molecule has 0 bridgehead atoms. The van der Waals surface area contributed by atoms with Crippen LogP contribution < -0.4 is 10.2 Å². The highest BCUT2D eigenvalue weighted by atomic mass is 35.5. The van der Waals surface area contributed by atoms with Crippen molar-refractivity contribution in [2.24, 2.45) is 0 Å². The summed E-state index contributed by atoms with van der Waals surface area (Å²) in [5, 5.41) is 3.50. The molecular weight excluding hydrogens is 243 g/mol. The maximum atomic E-state index is 13.2. The lowest BCUT2D eigenvalue weighted by atomic mass is 10.0. The number of amides is 1. The first-order valence-electron chi connectivity index (χ1n) is 5.39. The average Bonchev–Trinajstić information content (AvgIpc) is 2.25. The average molecular weight is 257 g/mol. The predicted molar refractivity (Wildman–Crippen MR) is 65.8 cm³/mol. The smallest absolute Gasteiger partial charge is 0.241 e. The molecule has 1 fully saturated rings. The minimum absolute atomic E-state index is 0.100. The molecule has 1 aromatic rings. The van der Waals surface area contributed by atoms with Crippen LogP contribution >= 0.6 is 11.6 Å². The number of benzene rings is 1. The molecule has 1 aliphatic rings. The number of carbonyl (C=O) groups is 1. The third kappa shape index (κ3) is 2.58. The van der Waals surface area contributed by atoms with Gasteiger partial charge in [0.1, 0.15) is 5.82 Å². The van der Waals surface area contributed by atoms with Crippen molar-refractivity contribution in [2.75, 3.05) is 18.0 Å². The molecule has 0 saturated carbocycles. The van der Waals surface area contributed by atoms with Crippen LogP contribution in [0.5, 0.6) is 0 Å². The second-order valence-corrected chi connectivity index (χ2v) is 5.22. The maximum Gasteiger partial charge on any atom is 0.241 e. The van der Waals surface area contributed by atoms with E-state index in [1.54, 1.807) is 0 Å². The van der Waals surface area contributed by atoms with Crippen LogP contribution in [-0.4, -0.2) is 24.5 Å². The molecule has 5 heteroatoms. The fourth-order valence-electron chi connectivity index (χ4n) is 1.86. The van der Waals surface area contributed by atoms with Gasteiger partial charge < -0.3 is 10.2 Å². The van der Waals surface area contributed by atoms with E-state index in [0.717, 1.165) is 0 Å². The van der Waals surface area contributed by atoms with E-state index in [4.69, 9.17) is 11.6 Å². The standard InChI is InChI=1S/C12H14ClFN2O/c1-12(2)7-16(11(17)6-15-12)10-5-8(14)3-4-9(10)13/h3-5,15H,6-7H2,1-2H3. The van der Waals surface area contributed by atoms with Crippen LogP contribution in [0, 0.1) is 5.82 Å². The molecule has 1 heterocycles. The van der Waals surface area contributed by atoms with Crippen LogP contribution in [0.3, 0.4) is 0 Å². The van der Waals surface area contributed by atoms with Crippen molar-refractivity contribution >= 4 is 23.2 Å². The molecule has 0 radical (unpaired) electrons. The topological polar surface area (TPSA) is 32.3 Å². The van der Waals surface area contributed by atoms with E-state index < -0.39 is 5.82 Å². The number of nitrogens with zero attached hydrogens (tertiary/aromatic N) is 1. The van der Waals surface area contributed by atoms with Crippen molar-refractivity contribution in [3.05, 3.63) is 29.0 Å². The SMILES string of the molecule is CC1(C)CN(c2cc(F)ccc2Cl)C(=O)CN1. The molecule has 0 aliphatic carbocycles. The predicted octanol–water partition coefficient (Wildman–Crippen LogP) is 2.19. The lowest BCUT2D eigenvalue weighted by Gasteiger charge is -2.39. The molecule has 0 unspecified atom stereocenters. The number of rotatable bonds is 1. The summed E-state index contributed by atoms with van der Waals surface area (Å²) in [6.45, 7) is 4.67. The van der Waals surface area contributed by atoms with Crippen molar-refractivity contribution in [2.45, 2.75) is 19.4 Å². The van der Waals surface area contributed by atoms with Gasteiger partial charge in [0.2, 0.25) is 5.91 Å². The van der Waals surface area contributed by atoms with Gasteiger partial charge in [0.15, 0.2) is 0 Å². The second-order valence-electron chi connectivity index (χ2n) is 4.81. The van der Waals surface area contributed by atoms with Crippen LogP contribution in [0.2, 0.25) is 5.02 Å². The van der Waals surface area contributed by atoms with Gasteiger partial charge in [-0.05, 0) is 32.0 Å². The van der Waals surface area contributed by atoms with Gasteiger partial charge in [-0.25, -0.2) is 4.39 Å². The van der Waals surface area contributed by atoms with Crippen LogP contribution in [0.4, 0.5) is 10.1 Å². The quantitative estimate of drug-likeness (QED) is 0.836. The van der Waals surface area contributed by atoms with Crippen molar-refractivity contribution in [3.8, 4) is 0 Å². The van der Waals surface area contributed by atoms with Crippen molar-refractivity contribution in [1.82, 2.24) is 5.32 Å². The molecule has 92 valence electrons. The monoisotopic (exact) mass is 256 g/mol. The Balaban J connectivity index is 2.37. The van der Waals surface area contributed by atoms with Crippen LogP contribution in [0.25, 0.3) is 0 Å². The Morgan fingerprint density at radius 1 is 1.47 bits per heavy atom. The van der Waals surface area contributed by atoms with Gasteiger partial charge in [0.25, 0.3) is 0 Å². The highest BCUT2D eigenvalue weighted by Gasteiger charge is 2.32. The van der Waals surface area contributed by atoms with E-state index in [0.29, 0.717) is 17.3 Å². The zero-order valence-electron chi connectivity index (χ0n) is 9.76. The highest BCUT2D eigenvalue weighted by Crippen LogP contribution is 2.29. The highest BCUT2D eigenvalue weighted by molar-refractivity contribution is 6.33. The number of hydrogen-bond acceptors (Lipinski definition) is 2. The molecule has 0 atom stereocenters. The van der Waals surface area contributed by atoms with Gasteiger partial charge in [-0.1, -0.05) is 11.6 Å². The fraction of sp³-hybridized carbons (Fsp3) is 0.417. The third-order valence-corrected chi connectivity index (χ3v) is 3.09. The van der Waals surface area contributed by atoms with E-state index in [1.165, 1.54) is 23.1 Å². The van der Waals surface area contributed by atoms with E-state index in [9.17, 15) is 9.18 Å². The van der Waals surface area contributed by atoms with Crippen molar-refractivity contribution < 1.29 is 9.18 Å². The van der Waals surface area contributed by atoms with E-state index >= 15 is 0 Å². The Hall–Kier alpha value is -1.13. The zero-order valence-corrected chi connectivity index (χ0v) is 10.5. The number of anilines is 1. The maximum absolute atomic E-state index is 13.2. The molecule has 1 amide bonds. The van der Waals surface area contributed by atoms with Gasteiger partial charge in [0.05, 0.1) is 17.3 Å². The van der Waals surface area contributed by atoms with Crippen LogP contribution in [0.1, 0.15) is 13.8 Å². The Morgan fingerprint density at radius 3 is 2.88 bits per heavy atom. The minimum atomic E-state index is -0.395. The van der Waals surface area contributed by atoms with E-state index in [1.807, 2.05) is 13.8 Å². The molecule has 3 nitrogen and oxygen atoms in total. The van der Waals surface area contributed by atoms with Gasteiger partial charge in [-0.2, -0.15) is 0 Å². The normalized spacial score (nSPS) is 19.5. The molecule has 17 heavy (non-hydrogen) atoms. The Morgan fingerprint density at radius 2 is 2.18 bits per heavy atom. The summed E-state index contributed by atoms with van der Waals surface area (Å²) in [5.74, 6) is -0.495. The van der Waals surface area contributed by atoms with Gasteiger partial charge in [-0.3, -0.25) is 4.79 Å². The molecule has 1 saturated heterocycles. The molecule has 1 N–H and O–H groups in total. The Labute approximate surface area is 105 Å². The number of halogens is 2. The zero-order chi connectivity index (χ0) is 12.6. The lowest BCUT2D eigenvalue weighted by molar-refractivity contribution is -0.119. The third-order valence-electron chi connectivity index (χ3n) is 2.77. The Bertz CT molecular complexity index is 462. The lowest BCUT2D eigenvalue weighted by Crippen LogP contribution is -2.60. The summed E-state index contributed by atoms with van der Waals surface area (Å²) < 4.78 is 13.2. The van der Waals surface area contributed by atoms with Gasteiger partial charge >= 0.3 is 0 Å². The second kappa shape index (κ2) is 4.27. The first-order valence-corrected chi connectivity index (χ1v) is 5.77. The number of nitrogens with one attached hydrogen (secondary N) is 1.